The highest BCUT2D eigenvalue weighted by atomic mass is 16.5. The highest BCUT2D eigenvalue weighted by Gasteiger charge is 2.21. The third kappa shape index (κ3) is 3.63. The van der Waals surface area contributed by atoms with E-state index >= 15 is 0 Å². The molecule has 0 fully saturated rings. The quantitative estimate of drug-likeness (QED) is 0.388. The van der Waals surface area contributed by atoms with Crippen LogP contribution < -0.4 is 4.90 Å². The van der Waals surface area contributed by atoms with Gasteiger partial charge in [0.2, 0.25) is 5.82 Å². The van der Waals surface area contributed by atoms with E-state index in [1.165, 1.54) is 0 Å². The molecule has 5 heterocycles. The first-order valence-electron chi connectivity index (χ1n) is 10.6. The standard InChI is InChI=1S/C23H24N8O2/c1-12(2)31-22-17(9-26-31)16(8-18(27-22)15-7-13(3)32-14(15)4)23-28-21(29-33-23)19-10-25-20(11-24-19)30(5)6/h7-12H,1-6H3. The summed E-state index contributed by atoms with van der Waals surface area (Å²) in [7, 11) is 3.81. The number of aryl methyl sites for hydroxylation is 2. The molecule has 10 heteroatoms. The molecule has 10 nitrogen and oxygen atoms in total. The van der Waals surface area contributed by atoms with Crippen molar-refractivity contribution in [2.24, 2.45) is 0 Å². The number of aromatic nitrogens is 7. The van der Waals surface area contributed by atoms with Crippen LogP contribution in [0.1, 0.15) is 31.4 Å². The lowest BCUT2D eigenvalue weighted by Crippen LogP contribution is -2.10. The summed E-state index contributed by atoms with van der Waals surface area (Å²) in [5.41, 5.74) is 3.68. The molecule has 0 aliphatic carbocycles. The number of hydrogen-bond donors (Lipinski definition) is 0. The smallest absolute Gasteiger partial charge is 0.259 e. The number of hydrogen-bond acceptors (Lipinski definition) is 9. The van der Waals surface area contributed by atoms with E-state index in [-0.39, 0.29) is 6.04 Å². The van der Waals surface area contributed by atoms with Crippen molar-refractivity contribution in [3.63, 3.8) is 0 Å². The maximum atomic E-state index is 5.74. The van der Waals surface area contributed by atoms with Crippen LogP contribution in [0, 0.1) is 13.8 Å². The van der Waals surface area contributed by atoms with Crippen LogP contribution in [0.15, 0.2) is 39.7 Å². The van der Waals surface area contributed by atoms with Gasteiger partial charge >= 0.3 is 0 Å². The third-order valence-electron chi connectivity index (χ3n) is 5.35. The van der Waals surface area contributed by atoms with Crippen molar-refractivity contribution >= 4 is 16.9 Å². The summed E-state index contributed by atoms with van der Waals surface area (Å²) in [5.74, 6) is 3.08. The summed E-state index contributed by atoms with van der Waals surface area (Å²) in [6.45, 7) is 7.97. The SMILES string of the molecule is Cc1cc(-c2cc(-c3nc(-c4cnc(N(C)C)cn4)no3)c3cnn(C(C)C)c3n2)c(C)o1. The van der Waals surface area contributed by atoms with Gasteiger partial charge in [-0.05, 0) is 39.8 Å². The second-order valence-corrected chi connectivity index (χ2v) is 8.38. The van der Waals surface area contributed by atoms with E-state index in [2.05, 4.69) is 39.1 Å². The molecule has 0 N–H and O–H groups in total. The monoisotopic (exact) mass is 444 g/mol. The minimum absolute atomic E-state index is 0.133. The Labute approximate surface area is 190 Å². The van der Waals surface area contributed by atoms with Crippen LogP contribution in [0.25, 0.3) is 45.3 Å². The van der Waals surface area contributed by atoms with Crippen LogP contribution in [0.5, 0.6) is 0 Å². The van der Waals surface area contributed by atoms with Crippen LogP contribution >= 0.6 is 0 Å². The molecule has 0 atom stereocenters. The Morgan fingerprint density at radius 1 is 0.939 bits per heavy atom. The molecule has 0 saturated carbocycles. The number of fused-ring (bicyclic) bond motifs is 1. The maximum Gasteiger partial charge on any atom is 0.259 e. The minimum Gasteiger partial charge on any atom is -0.466 e. The highest BCUT2D eigenvalue weighted by Crippen LogP contribution is 2.34. The van der Waals surface area contributed by atoms with Gasteiger partial charge in [0.25, 0.3) is 5.89 Å². The predicted octanol–water partition coefficient (Wildman–Crippen LogP) is 4.46. The van der Waals surface area contributed by atoms with Gasteiger partial charge in [-0.1, -0.05) is 5.16 Å². The Hall–Kier alpha value is -4.08. The van der Waals surface area contributed by atoms with Crippen LogP contribution in [-0.2, 0) is 0 Å². The van der Waals surface area contributed by atoms with Gasteiger partial charge in [-0.3, -0.25) is 0 Å². The van der Waals surface area contributed by atoms with E-state index in [0.717, 1.165) is 45.2 Å². The van der Waals surface area contributed by atoms with Gasteiger partial charge < -0.3 is 13.8 Å². The van der Waals surface area contributed by atoms with Crippen LogP contribution in [0.2, 0.25) is 0 Å². The normalized spacial score (nSPS) is 11.6. The molecule has 5 aromatic heterocycles. The predicted molar refractivity (Wildman–Crippen MR) is 124 cm³/mol. The molecule has 0 radical (unpaired) electrons. The molecule has 0 aromatic carbocycles. The van der Waals surface area contributed by atoms with Gasteiger partial charge in [0, 0.05) is 25.7 Å². The average Bonchev–Trinajstić information content (AvgIpc) is 3.51. The fourth-order valence-corrected chi connectivity index (χ4v) is 3.70. The topological polar surface area (TPSA) is 112 Å². The molecule has 0 unspecified atom stereocenters. The lowest BCUT2D eigenvalue weighted by atomic mass is 10.1. The summed E-state index contributed by atoms with van der Waals surface area (Å²) in [5, 5.41) is 9.52. The Balaban J connectivity index is 1.65. The fraction of sp³-hybridized carbons (Fsp3) is 0.304. The largest absolute Gasteiger partial charge is 0.466 e. The summed E-state index contributed by atoms with van der Waals surface area (Å²) in [6.07, 6.45) is 5.08. The van der Waals surface area contributed by atoms with Crippen molar-refractivity contribution in [2.75, 3.05) is 19.0 Å². The van der Waals surface area contributed by atoms with Crippen molar-refractivity contribution in [3.05, 3.63) is 42.2 Å². The molecule has 0 bridgehead atoms. The van der Waals surface area contributed by atoms with Crippen LogP contribution in [-0.4, -0.2) is 49.0 Å². The molecule has 33 heavy (non-hydrogen) atoms. The average molecular weight is 444 g/mol. The Morgan fingerprint density at radius 3 is 2.39 bits per heavy atom. The summed E-state index contributed by atoms with van der Waals surface area (Å²) in [4.78, 5) is 20.2. The zero-order valence-electron chi connectivity index (χ0n) is 19.4. The van der Waals surface area contributed by atoms with Crippen molar-refractivity contribution < 1.29 is 8.94 Å². The van der Waals surface area contributed by atoms with Gasteiger partial charge in [0.1, 0.15) is 23.0 Å². The second-order valence-electron chi connectivity index (χ2n) is 8.38. The molecule has 5 aromatic rings. The van der Waals surface area contributed by atoms with E-state index in [0.29, 0.717) is 17.4 Å². The summed E-state index contributed by atoms with van der Waals surface area (Å²) in [6, 6.07) is 4.04. The lowest BCUT2D eigenvalue weighted by molar-refractivity contribution is 0.432. The van der Waals surface area contributed by atoms with Gasteiger partial charge in [-0.2, -0.15) is 10.1 Å². The van der Waals surface area contributed by atoms with Gasteiger partial charge in [-0.15, -0.1) is 0 Å². The number of furan rings is 1. The van der Waals surface area contributed by atoms with Gasteiger partial charge in [0.15, 0.2) is 5.65 Å². The minimum atomic E-state index is 0.133. The summed E-state index contributed by atoms with van der Waals surface area (Å²) >= 11 is 0. The molecular formula is C23H24N8O2. The first kappa shape index (κ1) is 20.8. The fourth-order valence-electron chi connectivity index (χ4n) is 3.70. The van der Waals surface area contributed by atoms with E-state index in [9.17, 15) is 0 Å². The molecule has 168 valence electrons. The van der Waals surface area contributed by atoms with Crippen LogP contribution in [0.4, 0.5) is 5.82 Å². The van der Waals surface area contributed by atoms with Crippen molar-refractivity contribution in [1.82, 2.24) is 34.9 Å². The van der Waals surface area contributed by atoms with Crippen LogP contribution in [0.3, 0.4) is 0 Å². The zero-order chi connectivity index (χ0) is 23.3. The first-order chi connectivity index (χ1) is 15.8. The van der Waals surface area contributed by atoms with E-state index < -0.39 is 0 Å². The molecular weight excluding hydrogens is 420 g/mol. The zero-order valence-corrected chi connectivity index (χ0v) is 19.4. The Morgan fingerprint density at radius 2 is 1.76 bits per heavy atom. The molecule has 0 spiro atoms. The molecule has 0 aliphatic heterocycles. The van der Waals surface area contributed by atoms with E-state index in [1.54, 1.807) is 18.6 Å². The third-order valence-corrected chi connectivity index (χ3v) is 5.35. The number of anilines is 1. The van der Waals surface area contributed by atoms with Gasteiger partial charge in [-0.25, -0.2) is 19.6 Å². The summed E-state index contributed by atoms with van der Waals surface area (Å²) < 4.78 is 13.3. The molecule has 0 aliphatic rings. The van der Waals surface area contributed by atoms with E-state index in [1.807, 2.05) is 49.7 Å². The number of pyridine rings is 1. The molecule has 0 saturated heterocycles. The second kappa shape index (κ2) is 7.80. The lowest BCUT2D eigenvalue weighted by Gasteiger charge is -2.09. The van der Waals surface area contributed by atoms with E-state index in [4.69, 9.17) is 13.9 Å². The first-order valence-corrected chi connectivity index (χ1v) is 10.6. The molecule has 5 rings (SSSR count). The van der Waals surface area contributed by atoms with Crippen molar-refractivity contribution in [3.8, 4) is 34.2 Å². The van der Waals surface area contributed by atoms with Gasteiger partial charge in [0.05, 0.1) is 35.2 Å². The highest BCUT2D eigenvalue weighted by molar-refractivity contribution is 5.93. The van der Waals surface area contributed by atoms with Crippen molar-refractivity contribution in [1.29, 1.82) is 0 Å². The number of nitrogens with zero attached hydrogens (tertiary/aromatic N) is 8. The Bertz CT molecular complexity index is 1440. The maximum absolute atomic E-state index is 5.74. The molecule has 0 amide bonds. The Kier molecular flexibility index (Phi) is 4.92. The van der Waals surface area contributed by atoms with Crippen molar-refractivity contribution in [2.45, 2.75) is 33.7 Å². The number of rotatable bonds is 5.